The molecule has 0 atom stereocenters. The summed E-state index contributed by atoms with van der Waals surface area (Å²) in [4.78, 5) is 16.0. The minimum absolute atomic E-state index is 0.00574. The molecule has 0 fully saturated rings. The first kappa shape index (κ1) is 9.40. The minimum Gasteiger partial charge on any atom is -0.315 e. The van der Waals surface area contributed by atoms with Gasteiger partial charge < -0.3 is 4.57 Å². The van der Waals surface area contributed by atoms with E-state index in [1.54, 1.807) is 23.9 Å². The summed E-state index contributed by atoms with van der Waals surface area (Å²) in [6.07, 6.45) is 1.70. The summed E-state index contributed by atoms with van der Waals surface area (Å²) in [5, 5.41) is 0.646. The van der Waals surface area contributed by atoms with Gasteiger partial charge in [-0.3, -0.25) is 9.78 Å². The fourth-order valence-electron chi connectivity index (χ4n) is 1.37. The molecule has 0 spiro atoms. The van der Waals surface area contributed by atoms with Crippen LogP contribution in [0.25, 0.3) is 10.9 Å². The normalized spacial score (nSPS) is 10.8. The Balaban J connectivity index is 2.99. The fourth-order valence-corrected chi connectivity index (χ4v) is 1.70. The van der Waals surface area contributed by atoms with Gasteiger partial charge in [0, 0.05) is 23.4 Å². The van der Waals surface area contributed by atoms with Crippen molar-refractivity contribution >= 4 is 26.8 Å². The van der Waals surface area contributed by atoms with Gasteiger partial charge in [0.05, 0.1) is 10.9 Å². The smallest absolute Gasteiger partial charge is 0.259 e. The molecule has 0 unspecified atom stereocenters. The highest BCUT2D eigenvalue weighted by Crippen LogP contribution is 2.14. The van der Waals surface area contributed by atoms with E-state index in [2.05, 4.69) is 20.9 Å². The summed E-state index contributed by atoms with van der Waals surface area (Å²) in [6, 6.07) is 3.70. The van der Waals surface area contributed by atoms with Crippen LogP contribution >= 0.6 is 15.9 Å². The summed E-state index contributed by atoms with van der Waals surface area (Å²) in [5.74, 6) is 0. The van der Waals surface area contributed by atoms with Crippen LogP contribution in [0.5, 0.6) is 0 Å². The number of hydrogen-bond donors (Lipinski definition) is 0. The van der Waals surface area contributed by atoms with E-state index in [0.29, 0.717) is 5.39 Å². The predicted octanol–water partition coefficient (Wildman–Crippen LogP) is 2.00. The average molecular weight is 253 g/mol. The lowest BCUT2D eigenvalue weighted by Gasteiger charge is -2.05. The van der Waals surface area contributed by atoms with Gasteiger partial charge in [-0.1, -0.05) is 0 Å². The van der Waals surface area contributed by atoms with E-state index in [4.69, 9.17) is 0 Å². The molecule has 2 heterocycles. The SMILES string of the molecule is Cc1cc2ncc(Br)cc2c(=O)n1C. The third-order valence-electron chi connectivity index (χ3n) is 2.29. The molecule has 0 saturated carbocycles. The lowest BCUT2D eigenvalue weighted by atomic mass is 10.2. The standard InChI is InChI=1S/C10H9BrN2O/c1-6-3-9-8(10(14)13(6)2)4-7(11)5-12-9/h3-5H,1-2H3. The van der Waals surface area contributed by atoms with Crippen LogP contribution in [0.1, 0.15) is 5.69 Å². The number of nitrogens with zero attached hydrogens (tertiary/aromatic N) is 2. The molecule has 0 bridgehead atoms. The Morgan fingerprint density at radius 3 is 2.86 bits per heavy atom. The molecule has 4 heteroatoms. The van der Waals surface area contributed by atoms with Gasteiger partial charge >= 0.3 is 0 Å². The highest BCUT2D eigenvalue weighted by atomic mass is 79.9. The zero-order valence-electron chi connectivity index (χ0n) is 7.91. The topological polar surface area (TPSA) is 34.9 Å². The molecule has 0 saturated heterocycles. The van der Waals surface area contributed by atoms with Crippen LogP contribution in [-0.4, -0.2) is 9.55 Å². The van der Waals surface area contributed by atoms with Crippen molar-refractivity contribution < 1.29 is 0 Å². The maximum atomic E-state index is 11.8. The van der Waals surface area contributed by atoms with Gasteiger partial charge in [0.1, 0.15) is 0 Å². The Morgan fingerprint density at radius 2 is 2.14 bits per heavy atom. The summed E-state index contributed by atoms with van der Waals surface area (Å²) in [6.45, 7) is 1.89. The number of halogens is 1. The zero-order valence-corrected chi connectivity index (χ0v) is 9.50. The van der Waals surface area contributed by atoms with Gasteiger partial charge in [-0.15, -0.1) is 0 Å². The van der Waals surface area contributed by atoms with Crippen LogP contribution < -0.4 is 5.56 Å². The van der Waals surface area contributed by atoms with Gasteiger partial charge in [-0.25, -0.2) is 0 Å². The molecule has 0 aliphatic carbocycles. The second-order valence-electron chi connectivity index (χ2n) is 3.24. The molecule has 0 radical (unpaired) electrons. The van der Waals surface area contributed by atoms with E-state index >= 15 is 0 Å². The summed E-state index contributed by atoms with van der Waals surface area (Å²) < 4.78 is 2.45. The Morgan fingerprint density at radius 1 is 1.43 bits per heavy atom. The first-order valence-electron chi connectivity index (χ1n) is 4.21. The Hall–Kier alpha value is -1.16. The third kappa shape index (κ3) is 1.35. The van der Waals surface area contributed by atoms with E-state index in [9.17, 15) is 4.79 Å². The van der Waals surface area contributed by atoms with E-state index in [0.717, 1.165) is 15.7 Å². The van der Waals surface area contributed by atoms with Crippen LogP contribution in [0.4, 0.5) is 0 Å². The number of hydrogen-bond acceptors (Lipinski definition) is 2. The molecule has 72 valence electrons. The lowest BCUT2D eigenvalue weighted by molar-refractivity contribution is 0.829. The molecule has 14 heavy (non-hydrogen) atoms. The molecule has 3 nitrogen and oxygen atoms in total. The van der Waals surface area contributed by atoms with Gasteiger partial charge in [-0.05, 0) is 35.0 Å². The second-order valence-corrected chi connectivity index (χ2v) is 4.15. The van der Waals surface area contributed by atoms with Gasteiger partial charge in [-0.2, -0.15) is 0 Å². The third-order valence-corrected chi connectivity index (χ3v) is 2.73. The van der Waals surface area contributed by atoms with Gasteiger partial charge in [0.25, 0.3) is 5.56 Å². The maximum absolute atomic E-state index is 11.8. The van der Waals surface area contributed by atoms with Crippen LogP contribution in [-0.2, 0) is 7.05 Å². The predicted molar refractivity (Wildman–Crippen MR) is 59.4 cm³/mol. The van der Waals surface area contributed by atoms with Crippen molar-refractivity contribution in [3.05, 3.63) is 38.9 Å². The summed E-state index contributed by atoms with van der Waals surface area (Å²) in [5.41, 5.74) is 1.65. The number of pyridine rings is 2. The molecular formula is C10H9BrN2O. The van der Waals surface area contributed by atoms with Crippen LogP contribution in [0.2, 0.25) is 0 Å². The van der Waals surface area contributed by atoms with Crippen molar-refractivity contribution in [3.8, 4) is 0 Å². The molecule has 2 rings (SSSR count). The fraction of sp³-hybridized carbons (Fsp3) is 0.200. The number of rotatable bonds is 0. The molecule has 0 aromatic carbocycles. The molecule has 2 aromatic heterocycles. The number of aromatic nitrogens is 2. The summed E-state index contributed by atoms with van der Waals surface area (Å²) >= 11 is 3.30. The Labute approximate surface area is 89.5 Å². The Kier molecular flexibility index (Phi) is 2.15. The van der Waals surface area contributed by atoms with E-state index < -0.39 is 0 Å². The second kappa shape index (κ2) is 3.20. The van der Waals surface area contributed by atoms with Crippen molar-refractivity contribution in [1.82, 2.24) is 9.55 Å². The molecule has 0 aliphatic heterocycles. The highest BCUT2D eigenvalue weighted by Gasteiger charge is 2.04. The number of aryl methyl sites for hydroxylation is 1. The highest BCUT2D eigenvalue weighted by molar-refractivity contribution is 9.10. The lowest BCUT2D eigenvalue weighted by Crippen LogP contribution is -2.19. The van der Waals surface area contributed by atoms with Gasteiger partial charge in [0.2, 0.25) is 0 Å². The van der Waals surface area contributed by atoms with E-state index in [1.807, 2.05) is 13.0 Å². The van der Waals surface area contributed by atoms with Crippen molar-refractivity contribution in [1.29, 1.82) is 0 Å². The Bertz CT molecular complexity index is 560. The molecule has 0 aliphatic rings. The largest absolute Gasteiger partial charge is 0.315 e. The molecule has 0 amide bonds. The van der Waals surface area contributed by atoms with E-state index in [-0.39, 0.29) is 5.56 Å². The van der Waals surface area contributed by atoms with Crippen molar-refractivity contribution in [3.63, 3.8) is 0 Å². The van der Waals surface area contributed by atoms with Crippen molar-refractivity contribution in [2.75, 3.05) is 0 Å². The van der Waals surface area contributed by atoms with Crippen LogP contribution in [0.15, 0.2) is 27.6 Å². The number of fused-ring (bicyclic) bond motifs is 1. The maximum Gasteiger partial charge on any atom is 0.259 e. The first-order chi connectivity index (χ1) is 6.59. The average Bonchev–Trinajstić information content (AvgIpc) is 2.16. The molecular weight excluding hydrogens is 244 g/mol. The van der Waals surface area contributed by atoms with Crippen molar-refractivity contribution in [2.45, 2.75) is 6.92 Å². The van der Waals surface area contributed by atoms with Crippen LogP contribution in [0, 0.1) is 6.92 Å². The minimum atomic E-state index is -0.00574. The quantitative estimate of drug-likeness (QED) is 0.719. The monoisotopic (exact) mass is 252 g/mol. The van der Waals surface area contributed by atoms with Crippen molar-refractivity contribution in [2.24, 2.45) is 7.05 Å². The summed E-state index contributed by atoms with van der Waals surface area (Å²) in [7, 11) is 1.76. The van der Waals surface area contributed by atoms with Crippen LogP contribution in [0.3, 0.4) is 0 Å². The van der Waals surface area contributed by atoms with Gasteiger partial charge in [0.15, 0.2) is 0 Å². The molecule has 2 aromatic rings. The molecule has 0 N–H and O–H groups in total. The van der Waals surface area contributed by atoms with E-state index in [1.165, 1.54) is 0 Å². The first-order valence-corrected chi connectivity index (χ1v) is 5.01. The zero-order chi connectivity index (χ0) is 10.3.